The highest BCUT2D eigenvalue weighted by Gasteiger charge is 2.17. The fourth-order valence-electron chi connectivity index (χ4n) is 0.870. The number of hydrogen-bond acceptors (Lipinski definition) is 3. The van der Waals surface area contributed by atoms with E-state index in [1.165, 1.54) is 0 Å². The summed E-state index contributed by atoms with van der Waals surface area (Å²) in [5.74, 6) is -1.00. The smallest absolute Gasteiger partial charge is 0.319 e. The van der Waals surface area contributed by atoms with Crippen LogP contribution in [-0.4, -0.2) is 28.0 Å². The number of carboxylic acids is 1. The molecule has 5 heteroatoms. The van der Waals surface area contributed by atoms with E-state index >= 15 is 0 Å². The van der Waals surface area contributed by atoms with Crippen LogP contribution in [0.15, 0.2) is 33.6 Å². The maximum absolute atomic E-state index is 10.6. The third-order valence-corrected chi connectivity index (χ3v) is 3.17. The first-order valence-electron chi connectivity index (χ1n) is 3.89. The molecule has 0 amide bonds. The van der Waals surface area contributed by atoms with E-state index in [1.54, 1.807) is 6.07 Å². The molecule has 1 rings (SSSR count). The van der Waals surface area contributed by atoms with Crippen LogP contribution in [-0.2, 0) is 4.79 Å². The maximum Gasteiger partial charge on any atom is 0.319 e. The van der Waals surface area contributed by atoms with Gasteiger partial charge < -0.3 is 10.2 Å². The lowest BCUT2D eigenvalue weighted by molar-refractivity contribution is -0.137. The highest BCUT2D eigenvalue weighted by atomic mass is 79.9. The Hall–Kier alpha value is -0.520. The predicted octanol–water partition coefficient (Wildman–Crippen LogP) is 1.99. The van der Waals surface area contributed by atoms with Gasteiger partial charge in [0.1, 0.15) is 5.25 Å². The van der Waals surface area contributed by atoms with Crippen molar-refractivity contribution in [1.82, 2.24) is 0 Å². The molecule has 1 aromatic rings. The molecule has 0 aliphatic rings. The molecule has 0 fully saturated rings. The summed E-state index contributed by atoms with van der Waals surface area (Å²) in [6, 6.07) is 7.30. The number of aliphatic hydroxyl groups excluding tert-OH is 1. The van der Waals surface area contributed by atoms with Crippen molar-refractivity contribution < 1.29 is 15.0 Å². The Morgan fingerprint density at radius 1 is 1.57 bits per heavy atom. The maximum atomic E-state index is 10.6. The SMILES string of the molecule is O=C(O)C(CO)Sc1cccc(Br)c1. The van der Waals surface area contributed by atoms with Crippen molar-refractivity contribution in [2.75, 3.05) is 6.61 Å². The zero-order valence-electron chi connectivity index (χ0n) is 7.18. The zero-order chi connectivity index (χ0) is 10.6. The van der Waals surface area contributed by atoms with Crippen molar-refractivity contribution in [3.63, 3.8) is 0 Å². The van der Waals surface area contributed by atoms with Crippen LogP contribution in [0.25, 0.3) is 0 Å². The molecule has 0 aromatic heterocycles. The number of aliphatic hydroxyl groups is 1. The van der Waals surface area contributed by atoms with Gasteiger partial charge >= 0.3 is 5.97 Å². The van der Waals surface area contributed by atoms with E-state index in [1.807, 2.05) is 18.2 Å². The third-order valence-electron chi connectivity index (χ3n) is 1.52. The van der Waals surface area contributed by atoms with Crippen LogP contribution in [0.1, 0.15) is 0 Å². The number of rotatable bonds is 4. The normalized spacial score (nSPS) is 12.4. The molecule has 0 bridgehead atoms. The minimum absolute atomic E-state index is 0.369. The largest absolute Gasteiger partial charge is 0.480 e. The minimum Gasteiger partial charge on any atom is -0.480 e. The number of carboxylic acid groups (broad SMARTS) is 1. The first kappa shape index (κ1) is 11.6. The second-order valence-corrected chi connectivity index (χ2v) is 4.78. The quantitative estimate of drug-likeness (QED) is 0.826. The molecule has 0 radical (unpaired) electrons. The van der Waals surface area contributed by atoms with Gasteiger partial charge in [-0.05, 0) is 18.2 Å². The van der Waals surface area contributed by atoms with E-state index in [9.17, 15) is 4.79 Å². The van der Waals surface area contributed by atoms with Crippen molar-refractivity contribution in [2.24, 2.45) is 0 Å². The molecule has 0 aliphatic carbocycles. The molecule has 0 heterocycles. The van der Waals surface area contributed by atoms with Gasteiger partial charge in [-0.15, -0.1) is 11.8 Å². The molecular formula is C9H9BrO3S. The van der Waals surface area contributed by atoms with E-state index in [2.05, 4.69) is 15.9 Å². The fraction of sp³-hybridized carbons (Fsp3) is 0.222. The Balaban J connectivity index is 2.72. The van der Waals surface area contributed by atoms with Gasteiger partial charge in [-0.2, -0.15) is 0 Å². The van der Waals surface area contributed by atoms with E-state index in [-0.39, 0.29) is 6.61 Å². The van der Waals surface area contributed by atoms with E-state index in [0.29, 0.717) is 0 Å². The number of halogens is 1. The standard InChI is InChI=1S/C9H9BrO3S/c10-6-2-1-3-7(4-6)14-8(5-11)9(12)13/h1-4,8,11H,5H2,(H,12,13). The monoisotopic (exact) mass is 276 g/mol. The van der Waals surface area contributed by atoms with Gasteiger partial charge in [-0.1, -0.05) is 22.0 Å². The molecular weight excluding hydrogens is 268 g/mol. The van der Waals surface area contributed by atoms with Crippen LogP contribution in [0.4, 0.5) is 0 Å². The van der Waals surface area contributed by atoms with Gasteiger partial charge in [0.25, 0.3) is 0 Å². The Morgan fingerprint density at radius 2 is 2.29 bits per heavy atom. The number of carbonyl (C=O) groups is 1. The average molecular weight is 277 g/mol. The van der Waals surface area contributed by atoms with Gasteiger partial charge in [0.15, 0.2) is 0 Å². The molecule has 0 spiro atoms. The van der Waals surface area contributed by atoms with Crippen LogP contribution >= 0.6 is 27.7 Å². The second-order valence-electron chi connectivity index (χ2n) is 2.58. The van der Waals surface area contributed by atoms with Crippen molar-refractivity contribution in [3.8, 4) is 0 Å². The summed E-state index contributed by atoms with van der Waals surface area (Å²) in [6.07, 6.45) is 0. The van der Waals surface area contributed by atoms with Crippen molar-refractivity contribution in [2.45, 2.75) is 10.1 Å². The first-order valence-corrected chi connectivity index (χ1v) is 5.56. The number of hydrogen-bond donors (Lipinski definition) is 2. The summed E-state index contributed by atoms with van der Waals surface area (Å²) in [5.41, 5.74) is 0. The number of thioether (sulfide) groups is 1. The first-order chi connectivity index (χ1) is 6.63. The summed E-state index contributed by atoms with van der Waals surface area (Å²) in [5, 5.41) is 16.7. The van der Waals surface area contributed by atoms with E-state index in [0.717, 1.165) is 21.1 Å². The van der Waals surface area contributed by atoms with Crippen LogP contribution in [0, 0.1) is 0 Å². The molecule has 1 unspecified atom stereocenters. The van der Waals surface area contributed by atoms with Gasteiger partial charge in [0.05, 0.1) is 6.61 Å². The molecule has 2 N–H and O–H groups in total. The summed E-state index contributed by atoms with van der Waals surface area (Å²) < 4.78 is 0.893. The predicted molar refractivity (Wildman–Crippen MR) is 58.5 cm³/mol. The van der Waals surface area contributed by atoms with Gasteiger partial charge in [-0.3, -0.25) is 4.79 Å². The van der Waals surface area contributed by atoms with Gasteiger partial charge in [0, 0.05) is 9.37 Å². The van der Waals surface area contributed by atoms with Crippen molar-refractivity contribution in [1.29, 1.82) is 0 Å². The molecule has 0 aliphatic heterocycles. The van der Waals surface area contributed by atoms with Crippen molar-refractivity contribution >= 4 is 33.7 Å². The topological polar surface area (TPSA) is 57.5 Å². The minimum atomic E-state index is -1.00. The average Bonchev–Trinajstić information content (AvgIpc) is 2.14. The lowest BCUT2D eigenvalue weighted by atomic mass is 10.4. The van der Waals surface area contributed by atoms with Crippen LogP contribution in [0.5, 0.6) is 0 Å². The van der Waals surface area contributed by atoms with Crippen LogP contribution < -0.4 is 0 Å². The summed E-state index contributed by atoms with van der Waals surface area (Å²) >= 11 is 4.42. The summed E-state index contributed by atoms with van der Waals surface area (Å²) in [6.45, 7) is -0.369. The molecule has 0 saturated heterocycles. The summed E-state index contributed by atoms with van der Waals surface area (Å²) in [7, 11) is 0. The Kier molecular flexibility index (Phi) is 4.44. The van der Waals surface area contributed by atoms with Crippen molar-refractivity contribution in [3.05, 3.63) is 28.7 Å². The molecule has 3 nitrogen and oxygen atoms in total. The molecule has 14 heavy (non-hydrogen) atoms. The van der Waals surface area contributed by atoms with Crippen LogP contribution in [0.2, 0.25) is 0 Å². The Morgan fingerprint density at radius 3 is 2.79 bits per heavy atom. The van der Waals surface area contributed by atoms with E-state index < -0.39 is 11.2 Å². The third kappa shape index (κ3) is 3.32. The molecule has 0 saturated carbocycles. The van der Waals surface area contributed by atoms with Crippen LogP contribution in [0.3, 0.4) is 0 Å². The second kappa shape index (κ2) is 5.38. The lowest BCUT2D eigenvalue weighted by Crippen LogP contribution is -2.20. The van der Waals surface area contributed by atoms with Gasteiger partial charge in [-0.25, -0.2) is 0 Å². The lowest BCUT2D eigenvalue weighted by Gasteiger charge is -2.08. The fourth-order valence-corrected chi connectivity index (χ4v) is 2.28. The number of benzene rings is 1. The molecule has 1 aromatic carbocycles. The molecule has 1 atom stereocenters. The highest BCUT2D eigenvalue weighted by Crippen LogP contribution is 2.25. The zero-order valence-corrected chi connectivity index (χ0v) is 9.59. The Bertz CT molecular complexity index is 330. The van der Waals surface area contributed by atoms with E-state index in [4.69, 9.17) is 10.2 Å². The van der Waals surface area contributed by atoms with Gasteiger partial charge in [0.2, 0.25) is 0 Å². The highest BCUT2D eigenvalue weighted by molar-refractivity contribution is 9.10. The molecule has 76 valence electrons. The Labute approximate surface area is 94.3 Å². The summed E-state index contributed by atoms with van der Waals surface area (Å²) in [4.78, 5) is 11.4. The number of aliphatic carboxylic acids is 1.